The summed E-state index contributed by atoms with van der Waals surface area (Å²) in [5.41, 5.74) is 0.427. The molecule has 0 saturated carbocycles. The summed E-state index contributed by atoms with van der Waals surface area (Å²) in [5, 5.41) is 2.87. The van der Waals surface area contributed by atoms with Crippen LogP contribution in [0.5, 0.6) is 0 Å². The highest BCUT2D eigenvalue weighted by Crippen LogP contribution is 2.00. The SMILES string of the molecule is CNc1cnc(Cn2cccnc2=O)cn1. The Labute approximate surface area is 92.0 Å². The summed E-state index contributed by atoms with van der Waals surface area (Å²) < 4.78 is 1.48. The molecule has 1 N–H and O–H groups in total. The number of rotatable bonds is 3. The van der Waals surface area contributed by atoms with Crippen molar-refractivity contribution < 1.29 is 0 Å². The van der Waals surface area contributed by atoms with Crippen LogP contribution in [0.15, 0.2) is 35.6 Å². The van der Waals surface area contributed by atoms with Crippen molar-refractivity contribution in [1.29, 1.82) is 0 Å². The van der Waals surface area contributed by atoms with E-state index in [4.69, 9.17) is 0 Å². The van der Waals surface area contributed by atoms with Gasteiger partial charge in [0.2, 0.25) is 0 Å². The van der Waals surface area contributed by atoms with Crippen molar-refractivity contribution in [2.24, 2.45) is 0 Å². The predicted molar refractivity (Wildman–Crippen MR) is 59.2 cm³/mol. The van der Waals surface area contributed by atoms with Crippen LogP contribution in [0.3, 0.4) is 0 Å². The van der Waals surface area contributed by atoms with Gasteiger partial charge in [-0.3, -0.25) is 9.55 Å². The Morgan fingerprint density at radius 3 is 2.81 bits per heavy atom. The Hall–Kier alpha value is -2.24. The summed E-state index contributed by atoms with van der Waals surface area (Å²) in [6, 6.07) is 1.71. The lowest BCUT2D eigenvalue weighted by molar-refractivity contribution is 0.707. The van der Waals surface area contributed by atoms with E-state index in [-0.39, 0.29) is 5.69 Å². The Morgan fingerprint density at radius 1 is 1.31 bits per heavy atom. The molecule has 6 heteroatoms. The number of hydrogen-bond acceptors (Lipinski definition) is 5. The molecular weight excluding hydrogens is 206 g/mol. The van der Waals surface area contributed by atoms with Crippen molar-refractivity contribution in [3.05, 3.63) is 47.0 Å². The highest BCUT2D eigenvalue weighted by atomic mass is 16.1. The van der Waals surface area contributed by atoms with Crippen LogP contribution in [0.25, 0.3) is 0 Å². The first-order valence-electron chi connectivity index (χ1n) is 4.80. The van der Waals surface area contributed by atoms with Crippen LogP contribution in [0.1, 0.15) is 5.69 Å². The molecule has 0 aliphatic carbocycles. The maximum absolute atomic E-state index is 11.3. The van der Waals surface area contributed by atoms with Gasteiger partial charge in [-0.05, 0) is 6.07 Å². The number of nitrogens with one attached hydrogen (secondary N) is 1. The Morgan fingerprint density at radius 2 is 2.19 bits per heavy atom. The van der Waals surface area contributed by atoms with Gasteiger partial charge in [-0.25, -0.2) is 14.8 Å². The minimum atomic E-state index is -0.290. The van der Waals surface area contributed by atoms with Crippen LogP contribution in [-0.4, -0.2) is 26.6 Å². The third-order valence-corrected chi connectivity index (χ3v) is 2.08. The molecule has 0 amide bonds. The molecule has 0 unspecified atom stereocenters. The molecule has 0 radical (unpaired) electrons. The standard InChI is InChI=1S/C10H11N5O/c1-11-9-6-13-8(5-14-9)7-15-4-2-3-12-10(15)16/h2-6H,7H2,1H3,(H,11,14). The summed E-state index contributed by atoms with van der Waals surface area (Å²) in [7, 11) is 1.77. The third-order valence-electron chi connectivity index (χ3n) is 2.08. The second-order valence-electron chi connectivity index (χ2n) is 3.17. The van der Waals surface area contributed by atoms with E-state index in [2.05, 4.69) is 20.3 Å². The Kier molecular flexibility index (Phi) is 2.90. The van der Waals surface area contributed by atoms with E-state index >= 15 is 0 Å². The van der Waals surface area contributed by atoms with E-state index in [9.17, 15) is 4.79 Å². The first-order chi connectivity index (χ1) is 7.79. The maximum atomic E-state index is 11.3. The number of nitrogens with zero attached hydrogens (tertiary/aromatic N) is 4. The molecule has 82 valence electrons. The Bertz CT molecular complexity index is 519. The fraction of sp³-hybridized carbons (Fsp3) is 0.200. The van der Waals surface area contributed by atoms with Crippen LogP contribution in [0.4, 0.5) is 5.82 Å². The van der Waals surface area contributed by atoms with Gasteiger partial charge in [0, 0.05) is 19.4 Å². The molecule has 0 atom stereocenters. The van der Waals surface area contributed by atoms with E-state index in [0.717, 1.165) is 0 Å². The van der Waals surface area contributed by atoms with Gasteiger partial charge in [0.1, 0.15) is 5.82 Å². The van der Waals surface area contributed by atoms with Gasteiger partial charge in [-0.1, -0.05) is 0 Å². The summed E-state index contributed by atoms with van der Waals surface area (Å²) in [6.07, 6.45) is 6.39. The van der Waals surface area contributed by atoms with Crippen molar-refractivity contribution in [3.63, 3.8) is 0 Å². The second kappa shape index (κ2) is 4.52. The van der Waals surface area contributed by atoms with E-state index in [0.29, 0.717) is 18.1 Å². The van der Waals surface area contributed by atoms with Gasteiger partial charge in [-0.15, -0.1) is 0 Å². The van der Waals surface area contributed by atoms with Crippen molar-refractivity contribution in [3.8, 4) is 0 Å². The van der Waals surface area contributed by atoms with Gasteiger partial charge in [-0.2, -0.15) is 0 Å². The molecule has 0 spiro atoms. The largest absolute Gasteiger partial charge is 0.372 e. The maximum Gasteiger partial charge on any atom is 0.347 e. The van der Waals surface area contributed by atoms with Gasteiger partial charge in [0.25, 0.3) is 0 Å². The van der Waals surface area contributed by atoms with E-state index in [1.165, 1.54) is 10.8 Å². The van der Waals surface area contributed by atoms with Crippen molar-refractivity contribution in [2.75, 3.05) is 12.4 Å². The molecule has 0 aliphatic rings. The molecule has 16 heavy (non-hydrogen) atoms. The molecule has 0 aromatic carbocycles. The highest BCUT2D eigenvalue weighted by Gasteiger charge is 1.99. The normalized spacial score (nSPS) is 10.1. The zero-order valence-corrected chi connectivity index (χ0v) is 8.79. The van der Waals surface area contributed by atoms with Crippen molar-refractivity contribution in [1.82, 2.24) is 19.5 Å². The average molecular weight is 217 g/mol. The summed E-state index contributed by atoms with van der Waals surface area (Å²) >= 11 is 0. The summed E-state index contributed by atoms with van der Waals surface area (Å²) in [4.78, 5) is 23.3. The molecule has 0 bridgehead atoms. The number of hydrogen-bond donors (Lipinski definition) is 1. The molecule has 2 heterocycles. The van der Waals surface area contributed by atoms with Crippen LogP contribution in [-0.2, 0) is 6.54 Å². The summed E-state index contributed by atoms with van der Waals surface area (Å²) in [5.74, 6) is 0.697. The molecule has 0 saturated heterocycles. The smallest absolute Gasteiger partial charge is 0.347 e. The lowest BCUT2D eigenvalue weighted by Gasteiger charge is -2.04. The van der Waals surface area contributed by atoms with Crippen molar-refractivity contribution >= 4 is 5.82 Å². The van der Waals surface area contributed by atoms with Crippen LogP contribution in [0, 0.1) is 0 Å². The third kappa shape index (κ3) is 2.22. The fourth-order valence-corrected chi connectivity index (χ4v) is 1.25. The molecule has 2 aromatic rings. The van der Waals surface area contributed by atoms with E-state index in [1.807, 2.05) is 0 Å². The highest BCUT2D eigenvalue weighted by molar-refractivity contribution is 5.29. The van der Waals surface area contributed by atoms with E-state index in [1.54, 1.807) is 31.7 Å². The average Bonchev–Trinajstić information content (AvgIpc) is 2.33. The van der Waals surface area contributed by atoms with E-state index < -0.39 is 0 Å². The zero-order valence-electron chi connectivity index (χ0n) is 8.79. The monoisotopic (exact) mass is 217 g/mol. The first kappa shape index (κ1) is 10.3. The number of aromatic nitrogens is 4. The van der Waals surface area contributed by atoms with Gasteiger partial charge in [0.05, 0.1) is 24.6 Å². The van der Waals surface area contributed by atoms with Gasteiger partial charge in [0.15, 0.2) is 0 Å². The van der Waals surface area contributed by atoms with Gasteiger partial charge >= 0.3 is 5.69 Å². The lowest BCUT2D eigenvalue weighted by atomic mass is 10.4. The zero-order chi connectivity index (χ0) is 11.4. The van der Waals surface area contributed by atoms with Crippen LogP contribution >= 0.6 is 0 Å². The van der Waals surface area contributed by atoms with Gasteiger partial charge < -0.3 is 5.32 Å². The van der Waals surface area contributed by atoms with Crippen LogP contribution < -0.4 is 11.0 Å². The minimum absolute atomic E-state index is 0.290. The summed E-state index contributed by atoms with van der Waals surface area (Å²) in [6.45, 7) is 0.379. The molecular formula is C10H11N5O. The number of anilines is 1. The predicted octanol–water partition coefficient (Wildman–Crippen LogP) is 0.123. The quantitative estimate of drug-likeness (QED) is 0.790. The molecule has 0 fully saturated rings. The first-order valence-corrected chi connectivity index (χ1v) is 4.80. The Balaban J connectivity index is 2.21. The molecule has 2 aromatic heterocycles. The van der Waals surface area contributed by atoms with Crippen LogP contribution in [0.2, 0.25) is 0 Å². The lowest BCUT2D eigenvalue weighted by Crippen LogP contribution is -2.22. The van der Waals surface area contributed by atoms with Crippen molar-refractivity contribution in [2.45, 2.75) is 6.54 Å². The topological polar surface area (TPSA) is 72.7 Å². The second-order valence-corrected chi connectivity index (χ2v) is 3.17. The fourth-order valence-electron chi connectivity index (χ4n) is 1.25. The molecule has 2 rings (SSSR count). The minimum Gasteiger partial charge on any atom is -0.372 e. The molecule has 6 nitrogen and oxygen atoms in total. The molecule has 0 aliphatic heterocycles.